The van der Waals surface area contributed by atoms with Gasteiger partial charge in [-0.3, -0.25) is 19.7 Å². The number of nitrogens with one attached hydrogen (secondary N) is 1. The summed E-state index contributed by atoms with van der Waals surface area (Å²) in [5.41, 5.74) is -0.174. The number of amides is 2. The van der Waals surface area contributed by atoms with Gasteiger partial charge in [0.15, 0.2) is 0 Å². The summed E-state index contributed by atoms with van der Waals surface area (Å²) in [4.78, 5) is 55.3. The van der Waals surface area contributed by atoms with E-state index in [2.05, 4.69) is 74.9 Å². The number of carbonyl (C=O) groups is 4. The van der Waals surface area contributed by atoms with Crippen molar-refractivity contribution in [3.05, 3.63) is 11.0 Å². The van der Waals surface area contributed by atoms with Crippen molar-refractivity contribution >= 4 is 56.5 Å². The van der Waals surface area contributed by atoms with Crippen LogP contribution in [0.25, 0.3) is 0 Å². The fourth-order valence-electron chi connectivity index (χ4n) is 12.4. The first-order chi connectivity index (χ1) is 20.9. The number of thioether (sulfide) groups is 1. The Hall–Kier alpha value is -1.68. The summed E-state index contributed by atoms with van der Waals surface area (Å²) in [5, 5.41) is 6.03. The highest BCUT2D eigenvalue weighted by Crippen LogP contribution is 2.81. The highest BCUT2D eigenvalue weighted by Gasteiger charge is 2.83. The van der Waals surface area contributed by atoms with Crippen LogP contribution in [0.1, 0.15) is 113 Å². The molecule has 0 radical (unpaired) electrons. The Morgan fingerprint density at radius 3 is 2.38 bits per heavy atom. The van der Waals surface area contributed by atoms with Crippen LogP contribution in [0.5, 0.6) is 0 Å². The molecule has 5 saturated carbocycles. The third-order valence-corrected chi connectivity index (χ3v) is 16.8. The average Bonchev–Trinajstić information content (AvgIpc) is 3.35. The van der Waals surface area contributed by atoms with Crippen molar-refractivity contribution in [3.8, 4) is 0 Å². The minimum absolute atomic E-state index is 0.00121. The zero-order chi connectivity index (χ0) is 32.6. The highest BCUT2D eigenvalue weighted by atomic mass is 79.9. The normalized spacial score (nSPS) is 49.4. The maximum atomic E-state index is 13.9. The van der Waals surface area contributed by atoms with Crippen LogP contribution < -0.4 is 5.32 Å². The second-order valence-corrected chi connectivity index (χ2v) is 19.5. The average molecular weight is 704 g/mol. The molecular formula is C35H47BrN2O6S. The van der Waals surface area contributed by atoms with Gasteiger partial charge in [0.05, 0.1) is 20.9 Å². The second kappa shape index (κ2) is 9.70. The number of halogens is 1. The number of nitrogens with zero attached hydrogens (tertiary/aromatic N) is 1. The lowest BCUT2D eigenvalue weighted by Gasteiger charge is -2.74. The van der Waals surface area contributed by atoms with E-state index in [0.717, 1.165) is 69.6 Å². The van der Waals surface area contributed by atoms with Crippen LogP contribution in [0.15, 0.2) is 16.1 Å². The van der Waals surface area contributed by atoms with Crippen LogP contribution in [0.3, 0.4) is 0 Å². The number of hydrogen-bond acceptors (Lipinski definition) is 8. The Balaban J connectivity index is 1.19. The first-order valence-electron chi connectivity index (χ1n) is 16.8. The molecule has 10 heteroatoms. The van der Waals surface area contributed by atoms with Gasteiger partial charge in [0.1, 0.15) is 5.60 Å². The van der Waals surface area contributed by atoms with Gasteiger partial charge in [-0.2, -0.15) is 0 Å². The Morgan fingerprint density at radius 1 is 0.978 bits per heavy atom. The second-order valence-electron chi connectivity index (χ2n) is 17.4. The third kappa shape index (κ3) is 3.99. The molecule has 0 aromatic heterocycles. The van der Waals surface area contributed by atoms with Gasteiger partial charge in [0, 0.05) is 22.8 Å². The summed E-state index contributed by atoms with van der Waals surface area (Å²) in [6.07, 6.45) is 10.8. The van der Waals surface area contributed by atoms with E-state index in [1.165, 1.54) is 0 Å². The number of imide groups is 1. The summed E-state index contributed by atoms with van der Waals surface area (Å²) in [6.45, 7) is 16.7. The summed E-state index contributed by atoms with van der Waals surface area (Å²) in [6, 6.07) is 0. The molecule has 1 spiro atoms. The van der Waals surface area contributed by atoms with Crippen LogP contribution in [-0.2, 0) is 24.0 Å². The number of ether oxygens (including phenoxy) is 1. The lowest BCUT2D eigenvalue weighted by Crippen LogP contribution is -2.75. The molecule has 7 fully saturated rings. The van der Waals surface area contributed by atoms with Gasteiger partial charge in [0.2, 0.25) is 0 Å². The van der Waals surface area contributed by atoms with Gasteiger partial charge < -0.3 is 9.57 Å². The van der Waals surface area contributed by atoms with Crippen LogP contribution in [0.4, 0.5) is 4.79 Å². The molecule has 2 saturated heterocycles. The number of carbonyl (C=O) groups excluding carboxylic acids is 4. The lowest BCUT2D eigenvalue weighted by atomic mass is 9.31. The molecule has 2 amide bonds. The standard InChI is InChI=1S/C35H47BrN2O6S/c1-29(2)12-14-34-15-13-33(7)32(6)11-8-20-30(3,4)24(38-44-25(39)16-19-26(40)37-28(42)45-19)9-10-31(20,5)21(32)17-23(36)35(33,22(34)18-29)43-27(34)41/h16,20-23H,8-15,17-18H2,1-7H3,(H,37,40,42)/b19-16-,38-24+/t20?,21?,22?,23-,31-,32+,33-,34-,35+/m0/s1. The SMILES string of the molecule is CC1(C)CC[C@@]23CC[C@]4(C)[C@@](OC2=O)(C3C1)[C@@H](Br)CC1[C@@]2(C)CC/C(=N\OC(=O)/C=C3\SC(=O)NC3=O)C(C)(C)C2CC[C@]14C. The van der Waals surface area contributed by atoms with E-state index in [1.807, 2.05) is 0 Å². The van der Waals surface area contributed by atoms with Gasteiger partial charge in [-0.05, 0) is 104 Å². The Bertz CT molecular complexity index is 1470. The Labute approximate surface area is 279 Å². The topological polar surface area (TPSA) is 111 Å². The molecule has 8 nitrogen and oxygen atoms in total. The van der Waals surface area contributed by atoms with E-state index in [9.17, 15) is 19.2 Å². The number of esters is 1. The number of rotatable bonds is 2. The van der Waals surface area contributed by atoms with E-state index in [1.54, 1.807) is 0 Å². The highest BCUT2D eigenvalue weighted by molar-refractivity contribution is 9.09. The molecular weight excluding hydrogens is 656 g/mol. The zero-order valence-corrected chi connectivity index (χ0v) is 30.0. The van der Waals surface area contributed by atoms with Crippen LogP contribution >= 0.6 is 27.7 Å². The molecule has 7 rings (SSSR count). The van der Waals surface area contributed by atoms with E-state index >= 15 is 0 Å². The van der Waals surface area contributed by atoms with Crippen LogP contribution in [0.2, 0.25) is 0 Å². The first-order valence-corrected chi connectivity index (χ1v) is 18.5. The number of oxime groups is 1. The van der Waals surface area contributed by atoms with Gasteiger partial charge in [-0.25, -0.2) is 4.79 Å². The van der Waals surface area contributed by atoms with Crippen molar-refractivity contribution in [2.45, 2.75) is 123 Å². The van der Waals surface area contributed by atoms with E-state index in [-0.39, 0.29) is 54.1 Å². The summed E-state index contributed by atoms with van der Waals surface area (Å²) >= 11 is 4.96. The number of fused-ring (bicyclic) bond motifs is 4. The van der Waals surface area contributed by atoms with Gasteiger partial charge in [0.25, 0.3) is 11.1 Å². The molecule has 3 unspecified atom stereocenters. The van der Waals surface area contributed by atoms with Gasteiger partial charge in [-0.15, -0.1) is 0 Å². The smallest absolute Gasteiger partial charge is 0.359 e. The van der Waals surface area contributed by atoms with Crippen molar-refractivity contribution in [1.29, 1.82) is 0 Å². The van der Waals surface area contributed by atoms with Gasteiger partial charge in [-0.1, -0.05) is 69.6 Å². The van der Waals surface area contributed by atoms with E-state index < -0.39 is 22.7 Å². The van der Waals surface area contributed by atoms with Crippen molar-refractivity contribution < 1.29 is 28.8 Å². The Morgan fingerprint density at radius 2 is 1.69 bits per heavy atom. The third-order valence-electron chi connectivity index (χ3n) is 14.9. The fourth-order valence-corrected chi connectivity index (χ4v) is 14.3. The molecule has 1 N–H and O–H groups in total. The van der Waals surface area contributed by atoms with Crippen molar-refractivity contribution in [2.24, 2.45) is 55.4 Å². The molecule has 45 heavy (non-hydrogen) atoms. The van der Waals surface area contributed by atoms with E-state index in [4.69, 9.17) is 9.57 Å². The maximum Gasteiger partial charge on any atom is 0.359 e. The lowest BCUT2D eigenvalue weighted by molar-refractivity contribution is -0.272. The summed E-state index contributed by atoms with van der Waals surface area (Å²) in [5.74, 6) is -0.276. The van der Waals surface area contributed by atoms with Crippen molar-refractivity contribution in [1.82, 2.24) is 5.32 Å². The predicted octanol–water partition coefficient (Wildman–Crippen LogP) is 7.69. The first kappa shape index (κ1) is 31.9. The maximum absolute atomic E-state index is 13.9. The van der Waals surface area contributed by atoms with Crippen LogP contribution in [0, 0.1) is 50.2 Å². The summed E-state index contributed by atoms with van der Waals surface area (Å²) < 4.78 is 6.88. The largest absolute Gasteiger partial charge is 0.457 e. The molecule has 0 aromatic rings. The molecule has 2 aliphatic heterocycles. The zero-order valence-electron chi connectivity index (χ0n) is 27.6. The molecule has 2 heterocycles. The monoisotopic (exact) mass is 702 g/mol. The molecule has 246 valence electrons. The molecule has 7 aliphatic rings. The molecule has 0 aromatic carbocycles. The van der Waals surface area contributed by atoms with Crippen LogP contribution in [-0.4, -0.2) is 39.2 Å². The van der Waals surface area contributed by atoms with Crippen molar-refractivity contribution in [3.63, 3.8) is 0 Å². The number of alkyl halides is 1. The van der Waals surface area contributed by atoms with Crippen molar-refractivity contribution in [2.75, 3.05) is 0 Å². The predicted molar refractivity (Wildman–Crippen MR) is 175 cm³/mol. The quantitative estimate of drug-likeness (QED) is 0.103. The summed E-state index contributed by atoms with van der Waals surface area (Å²) in [7, 11) is 0. The van der Waals surface area contributed by atoms with E-state index in [0.29, 0.717) is 30.0 Å². The number of hydrogen-bond donors (Lipinski definition) is 1. The molecule has 9 atom stereocenters. The Kier molecular flexibility index (Phi) is 6.87. The molecule has 2 bridgehead atoms. The minimum atomic E-state index is -0.756. The minimum Gasteiger partial charge on any atom is -0.457 e. The molecule has 5 aliphatic carbocycles. The fraction of sp³-hybridized carbons (Fsp3) is 0.800. The van der Waals surface area contributed by atoms with Gasteiger partial charge >= 0.3 is 11.9 Å².